The summed E-state index contributed by atoms with van der Waals surface area (Å²) < 4.78 is 19.2. The summed E-state index contributed by atoms with van der Waals surface area (Å²) in [7, 11) is 1.41. The first-order valence-corrected chi connectivity index (χ1v) is 15.4. The Morgan fingerprint density at radius 2 is 1.64 bits per heavy atom. The van der Waals surface area contributed by atoms with Gasteiger partial charge in [0.25, 0.3) is 11.8 Å². The summed E-state index contributed by atoms with van der Waals surface area (Å²) in [4.78, 5) is 65.7. The summed E-state index contributed by atoms with van der Waals surface area (Å²) >= 11 is 14.6. The van der Waals surface area contributed by atoms with Crippen LogP contribution in [-0.2, 0) is 19.2 Å². The van der Waals surface area contributed by atoms with Gasteiger partial charge in [-0.3, -0.25) is 24.1 Å². The molecular formula is C34H25Cl2FN2O8. The molecular weight excluding hydrogens is 654 g/mol. The molecule has 3 fully saturated rings. The Kier molecular flexibility index (Phi) is 7.00. The molecule has 3 aromatic rings. The summed E-state index contributed by atoms with van der Waals surface area (Å²) in [5.41, 5.74) is 0.533. The number of allylic oxidation sites excluding steroid dienone is 2. The predicted octanol–water partition coefficient (Wildman–Crippen LogP) is 5.01. The average molecular weight is 679 g/mol. The number of amides is 4. The molecule has 2 aliphatic heterocycles. The highest BCUT2D eigenvalue weighted by molar-refractivity contribution is 6.58. The number of benzene rings is 3. The Bertz CT molecular complexity index is 1950. The zero-order chi connectivity index (χ0) is 33.6. The number of carbonyl (C=O) groups is 5. The van der Waals surface area contributed by atoms with Gasteiger partial charge in [0.05, 0.1) is 35.9 Å². The predicted molar refractivity (Wildman–Crippen MR) is 167 cm³/mol. The molecule has 3 aromatic carbocycles. The van der Waals surface area contributed by atoms with E-state index in [4.69, 9.17) is 27.9 Å². The first kappa shape index (κ1) is 30.9. The molecule has 2 aliphatic carbocycles. The number of hydrogen-bond donors (Lipinski definition) is 2. The van der Waals surface area contributed by atoms with Crippen molar-refractivity contribution in [3.05, 3.63) is 95.3 Å². The number of carboxylic acids is 1. The van der Waals surface area contributed by atoms with Gasteiger partial charge in [-0.15, -0.1) is 23.2 Å². The van der Waals surface area contributed by atoms with Crippen LogP contribution in [0.2, 0.25) is 0 Å². The molecule has 10 nitrogen and oxygen atoms in total. The van der Waals surface area contributed by atoms with E-state index < -0.39 is 68.8 Å². The monoisotopic (exact) mass is 678 g/mol. The van der Waals surface area contributed by atoms with E-state index in [1.165, 1.54) is 61.7 Å². The molecule has 2 saturated heterocycles. The number of phenolic OH excluding ortho intramolecular Hbond substituents is 1. The third kappa shape index (κ3) is 4.19. The van der Waals surface area contributed by atoms with Gasteiger partial charge in [-0.05, 0) is 79.4 Å². The molecule has 2 N–H and O–H groups in total. The number of imide groups is 2. The number of fused-ring (bicyclic) bond motifs is 4. The number of anilines is 2. The van der Waals surface area contributed by atoms with E-state index in [9.17, 15) is 38.6 Å². The Labute approximate surface area is 276 Å². The van der Waals surface area contributed by atoms with E-state index in [1.807, 2.05) is 0 Å². The van der Waals surface area contributed by atoms with E-state index >= 15 is 0 Å². The second kappa shape index (κ2) is 10.6. The molecule has 6 atom stereocenters. The minimum atomic E-state index is -2.24. The first-order valence-electron chi connectivity index (χ1n) is 14.6. The summed E-state index contributed by atoms with van der Waals surface area (Å²) in [5.74, 6) is -8.89. The van der Waals surface area contributed by atoms with Crippen LogP contribution in [0.25, 0.3) is 0 Å². The van der Waals surface area contributed by atoms with Crippen LogP contribution in [-0.4, -0.2) is 56.7 Å². The lowest BCUT2D eigenvalue weighted by Gasteiger charge is -2.50. The van der Waals surface area contributed by atoms with Crippen LogP contribution in [0.5, 0.6) is 11.5 Å². The molecule has 0 aromatic heterocycles. The third-order valence-corrected chi connectivity index (χ3v) is 11.2. The Hall–Kier alpha value is -4.74. The summed E-state index contributed by atoms with van der Waals surface area (Å²) in [6.45, 7) is 0. The van der Waals surface area contributed by atoms with Crippen molar-refractivity contribution in [1.82, 2.24) is 0 Å². The van der Waals surface area contributed by atoms with Gasteiger partial charge in [0, 0.05) is 11.5 Å². The Morgan fingerprint density at radius 1 is 0.915 bits per heavy atom. The van der Waals surface area contributed by atoms with Crippen molar-refractivity contribution >= 4 is 64.2 Å². The van der Waals surface area contributed by atoms with Crippen LogP contribution in [0.3, 0.4) is 0 Å². The third-order valence-electron chi connectivity index (χ3n) is 9.79. The number of phenols is 1. The van der Waals surface area contributed by atoms with E-state index in [0.29, 0.717) is 11.3 Å². The lowest BCUT2D eigenvalue weighted by atomic mass is 9.56. The van der Waals surface area contributed by atoms with Crippen LogP contribution in [0.1, 0.15) is 34.7 Å². The highest BCUT2D eigenvalue weighted by atomic mass is 35.5. The Balaban J connectivity index is 1.40. The molecule has 7 rings (SSSR count). The number of aromatic carboxylic acids is 1. The minimum absolute atomic E-state index is 0.0240. The molecule has 0 spiro atoms. The maximum Gasteiger partial charge on any atom is 0.335 e. The zero-order valence-corrected chi connectivity index (χ0v) is 26.0. The van der Waals surface area contributed by atoms with Crippen LogP contribution in [0.4, 0.5) is 15.8 Å². The molecule has 47 heavy (non-hydrogen) atoms. The van der Waals surface area contributed by atoms with Crippen molar-refractivity contribution < 1.29 is 43.3 Å². The highest BCUT2D eigenvalue weighted by Gasteiger charge is 2.77. The standard InChI is InChI=1S/C34H25Cl2FN2O8/c1-47-20-9-12-25(40)23(14-20)27-21-10-11-22-26(29(42)38(28(22)41)19-4-2-3-16(13-19)30(43)44)24(21)15-33(35)31(45)39(32(46)34(27,33)36)18-7-5-17(37)6-8-18/h2-10,12-14,22,24,26-27,40H,11,15H2,1H3,(H,43,44). The second-order valence-corrected chi connectivity index (χ2v) is 13.3. The van der Waals surface area contributed by atoms with Crippen molar-refractivity contribution in [2.75, 3.05) is 16.9 Å². The van der Waals surface area contributed by atoms with Crippen LogP contribution >= 0.6 is 23.2 Å². The normalized spacial score (nSPS) is 29.7. The average Bonchev–Trinajstić information content (AvgIpc) is 3.39. The number of hydrogen-bond acceptors (Lipinski definition) is 7. The second-order valence-electron chi connectivity index (χ2n) is 12.0. The number of halogens is 3. The summed E-state index contributed by atoms with van der Waals surface area (Å²) in [6, 6.07) is 14.4. The maximum absolute atomic E-state index is 14.4. The van der Waals surface area contributed by atoms with Gasteiger partial charge in [0.1, 0.15) is 17.3 Å². The van der Waals surface area contributed by atoms with E-state index in [-0.39, 0.29) is 41.1 Å². The smallest absolute Gasteiger partial charge is 0.335 e. The number of ether oxygens (including phenoxy) is 1. The molecule has 4 amide bonds. The number of aromatic hydroxyl groups is 1. The number of carboxylic acid groups (broad SMARTS) is 1. The quantitative estimate of drug-likeness (QED) is 0.218. The van der Waals surface area contributed by atoms with Crippen LogP contribution in [0, 0.1) is 23.6 Å². The summed E-state index contributed by atoms with van der Waals surface area (Å²) in [5, 5.41) is 20.7. The van der Waals surface area contributed by atoms with Crippen molar-refractivity contribution in [2.24, 2.45) is 17.8 Å². The van der Waals surface area contributed by atoms with E-state index in [0.717, 1.165) is 21.9 Å². The van der Waals surface area contributed by atoms with Gasteiger partial charge < -0.3 is 14.9 Å². The van der Waals surface area contributed by atoms with Gasteiger partial charge >= 0.3 is 5.97 Å². The van der Waals surface area contributed by atoms with E-state index in [2.05, 4.69) is 0 Å². The number of nitrogens with zero attached hydrogens (tertiary/aromatic N) is 2. The SMILES string of the molecule is COc1ccc(O)c(C2C3=CCC4C(=O)N(c5cccc(C(=O)O)c5)C(=O)C4C3CC3(Cl)C(=O)N(c4ccc(F)cc4)C(=O)C23Cl)c1. The van der Waals surface area contributed by atoms with Gasteiger partial charge in [-0.1, -0.05) is 17.7 Å². The van der Waals surface area contributed by atoms with Crippen molar-refractivity contribution in [3.63, 3.8) is 0 Å². The van der Waals surface area contributed by atoms with E-state index in [1.54, 1.807) is 6.08 Å². The molecule has 0 radical (unpaired) electrons. The number of alkyl halides is 2. The van der Waals surface area contributed by atoms with Crippen LogP contribution in [0.15, 0.2) is 78.4 Å². The fourth-order valence-electron chi connectivity index (χ4n) is 7.67. The fraction of sp³-hybridized carbons (Fsp3) is 0.265. The van der Waals surface area contributed by atoms with Gasteiger partial charge in [-0.25, -0.2) is 14.1 Å². The molecule has 4 aliphatic rings. The van der Waals surface area contributed by atoms with Crippen LogP contribution < -0.4 is 14.5 Å². The largest absolute Gasteiger partial charge is 0.508 e. The molecule has 2 heterocycles. The van der Waals surface area contributed by atoms with Crippen molar-refractivity contribution in [1.29, 1.82) is 0 Å². The topological polar surface area (TPSA) is 142 Å². The maximum atomic E-state index is 14.4. The zero-order valence-electron chi connectivity index (χ0n) is 24.5. The number of carbonyl (C=O) groups excluding carboxylic acids is 4. The van der Waals surface area contributed by atoms with Gasteiger partial charge in [-0.2, -0.15) is 0 Å². The number of methoxy groups -OCH3 is 1. The van der Waals surface area contributed by atoms with Crippen molar-refractivity contribution in [2.45, 2.75) is 28.5 Å². The Morgan fingerprint density at radius 3 is 2.32 bits per heavy atom. The fourth-order valence-corrected chi connectivity index (χ4v) is 8.59. The lowest BCUT2D eigenvalue weighted by Crippen LogP contribution is -2.60. The van der Waals surface area contributed by atoms with Gasteiger partial charge in [0.2, 0.25) is 11.8 Å². The molecule has 0 bridgehead atoms. The first-order chi connectivity index (χ1) is 22.3. The number of rotatable bonds is 5. The minimum Gasteiger partial charge on any atom is -0.508 e. The van der Waals surface area contributed by atoms with Crippen molar-refractivity contribution in [3.8, 4) is 11.5 Å². The molecule has 13 heteroatoms. The highest BCUT2D eigenvalue weighted by Crippen LogP contribution is 2.66. The lowest BCUT2D eigenvalue weighted by molar-refractivity contribution is -0.125. The molecule has 240 valence electrons. The van der Waals surface area contributed by atoms with Gasteiger partial charge in [0.15, 0.2) is 9.75 Å². The summed E-state index contributed by atoms with van der Waals surface area (Å²) in [6.07, 6.45) is 1.44. The molecule has 6 unspecified atom stereocenters. The molecule has 1 saturated carbocycles.